The third kappa shape index (κ3) is 2.35. The topological polar surface area (TPSA) is 57.5 Å². The zero-order valence-electron chi connectivity index (χ0n) is 6.53. The van der Waals surface area contributed by atoms with Crippen molar-refractivity contribution >= 4 is 5.97 Å². The molecule has 0 aromatic heterocycles. The number of carboxylic acid groups (broad SMARTS) is 1. The molecule has 0 aliphatic heterocycles. The summed E-state index contributed by atoms with van der Waals surface area (Å²) in [5.41, 5.74) is 0. The smallest absolute Gasteiger partial charge is 0.308 e. The number of aliphatic hydroxyl groups excluding tert-OH is 1. The van der Waals surface area contributed by atoms with E-state index in [9.17, 15) is 9.90 Å². The maximum absolute atomic E-state index is 10.3. The van der Waals surface area contributed by atoms with E-state index in [-0.39, 0.29) is 5.92 Å². The van der Waals surface area contributed by atoms with Crippen LogP contribution >= 0.6 is 0 Å². The average molecular weight is 146 g/mol. The Bertz CT molecular complexity index is 120. The molecule has 0 spiro atoms. The molecule has 0 aliphatic rings. The van der Waals surface area contributed by atoms with Crippen LogP contribution in [-0.4, -0.2) is 22.3 Å². The van der Waals surface area contributed by atoms with Crippen molar-refractivity contribution in [1.29, 1.82) is 0 Å². The fourth-order valence-corrected chi connectivity index (χ4v) is 0.723. The Morgan fingerprint density at radius 1 is 1.30 bits per heavy atom. The zero-order valence-corrected chi connectivity index (χ0v) is 6.53. The normalized spacial score (nSPS) is 16.9. The number of carboxylic acids is 1. The Morgan fingerprint density at radius 2 is 1.70 bits per heavy atom. The molecule has 0 saturated heterocycles. The van der Waals surface area contributed by atoms with Crippen molar-refractivity contribution in [2.75, 3.05) is 0 Å². The average Bonchev–Trinajstić information content (AvgIpc) is 1.84. The van der Waals surface area contributed by atoms with Gasteiger partial charge in [0, 0.05) is 0 Å². The fourth-order valence-electron chi connectivity index (χ4n) is 0.723. The van der Waals surface area contributed by atoms with E-state index in [0.717, 1.165) is 0 Å². The summed E-state index contributed by atoms with van der Waals surface area (Å²) in [6, 6.07) is 0. The van der Waals surface area contributed by atoms with Crippen LogP contribution in [-0.2, 0) is 4.79 Å². The molecule has 10 heavy (non-hydrogen) atoms. The summed E-state index contributed by atoms with van der Waals surface area (Å²) >= 11 is 0. The van der Waals surface area contributed by atoms with Gasteiger partial charge in [-0.05, 0) is 12.8 Å². The van der Waals surface area contributed by atoms with Gasteiger partial charge >= 0.3 is 5.97 Å². The van der Waals surface area contributed by atoms with Gasteiger partial charge in [0.25, 0.3) is 0 Å². The Kier molecular flexibility index (Phi) is 3.36. The highest BCUT2D eigenvalue weighted by Gasteiger charge is 2.23. The van der Waals surface area contributed by atoms with Crippen molar-refractivity contribution < 1.29 is 15.0 Å². The molecule has 2 N–H and O–H groups in total. The van der Waals surface area contributed by atoms with Crippen LogP contribution in [0, 0.1) is 11.8 Å². The molecule has 0 amide bonds. The summed E-state index contributed by atoms with van der Waals surface area (Å²) in [6.45, 7) is 5.10. The number of aliphatic hydroxyl groups is 1. The molecule has 0 fully saturated rings. The van der Waals surface area contributed by atoms with Crippen molar-refractivity contribution in [3.63, 3.8) is 0 Å². The number of aliphatic carboxylic acids is 1. The molecule has 0 aliphatic carbocycles. The second-order valence-corrected chi connectivity index (χ2v) is 2.86. The summed E-state index contributed by atoms with van der Waals surface area (Å²) in [5, 5.41) is 17.6. The van der Waals surface area contributed by atoms with Gasteiger partial charge < -0.3 is 10.2 Å². The minimum Gasteiger partial charge on any atom is -0.481 e. The van der Waals surface area contributed by atoms with Crippen molar-refractivity contribution in [2.45, 2.75) is 26.9 Å². The maximum atomic E-state index is 10.3. The third-order valence-electron chi connectivity index (χ3n) is 1.58. The first kappa shape index (κ1) is 9.43. The van der Waals surface area contributed by atoms with E-state index in [0.29, 0.717) is 0 Å². The first-order valence-corrected chi connectivity index (χ1v) is 3.37. The third-order valence-corrected chi connectivity index (χ3v) is 1.58. The van der Waals surface area contributed by atoms with Crippen LogP contribution in [0.5, 0.6) is 0 Å². The van der Waals surface area contributed by atoms with Crippen LogP contribution in [0.15, 0.2) is 0 Å². The summed E-state index contributed by atoms with van der Waals surface area (Å²) in [7, 11) is 0. The van der Waals surface area contributed by atoms with E-state index in [1.54, 1.807) is 13.8 Å². The van der Waals surface area contributed by atoms with Crippen LogP contribution < -0.4 is 0 Å². The first-order chi connectivity index (χ1) is 4.46. The standard InChI is InChI=1S/C7H14O3/c1-4(2)6(8)5(3)7(9)10/h4-6,8H,1-3H3,(H,9,10)/t5-,6?/m1/s1. The first-order valence-electron chi connectivity index (χ1n) is 3.37. The summed E-state index contributed by atoms with van der Waals surface area (Å²) in [5.74, 6) is -1.60. The summed E-state index contributed by atoms with van der Waals surface area (Å²) in [4.78, 5) is 10.3. The van der Waals surface area contributed by atoms with Gasteiger partial charge in [0.15, 0.2) is 0 Å². The van der Waals surface area contributed by atoms with Crippen LogP contribution in [0.2, 0.25) is 0 Å². The molecule has 3 heteroatoms. The van der Waals surface area contributed by atoms with Gasteiger partial charge in [-0.1, -0.05) is 13.8 Å². The Labute approximate surface area is 60.7 Å². The quantitative estimate of drug-likeness (QED) is 0.617. The molecule has 0 heterocycles. The van der Waals surface area contributed by atoms with E-state index in [4.69, 9.17) is 5.11 Å². The van der Waals surface area contributed by atoms with Gasteiger partial charge in [0.05, 0.1) is 12.0 Å². The molecular formula is C7H14O3. The van der Waals surface area contributed by atoms with Crippen molar-refractivity contribution in [2.24, 2.45) is 11.8 Å². The van der Waals surface area contributed by atoms with Crippen molar-refractivity contribution in [3.8, 4) is 0 Å². The highest BCUT2D eigenvalue weighted by atomic mass is 16.4. The van der Waals surface area contributed by atoms with Crippen molar-refractivity contribution in [3.05, 3.63) is 0 Å². The molecule has 0 saturated carbocycles. The Hall–Kier alpha value is -0.570. The number of hydrogen-bond donors (Lipinski definition) is 2. The molecular weight excluding hydrogens is 132 g/mol. The lowest BCUT2D eigenvalue weighted by Gasteiger charge is -2.17. The molecule has 0 bridgehead atoms. The van der Waals surface area contributed by atoms with Crippen LogP contribution in [0.4, 0.5) is 0 Å². The predicted octanol–water partition coefficient (Wildman–Crippen LogP) is 0.724. The molecule has 0 aromatic carbocycles. The lowest BCUT2D eigenvalue weighted by atomic mass is 9.95. The predicted molar refractivity (Wildman–Crippen MR) is 37.6 cm³/mol. The van der Waals surface area contributed by atoms with Gasteiger partial charge in [-0.25, -0.2) is 0 Å². The molecule has 3 nitrogen and oxygen atoms in total. The molecule has 60 valence electrons. The molecule has 0 aromatic rings. The monoisotopic (exact) mass is 146 g/mol. The molecule has 0 rings (SSSR count). The minimum atomic E-state index is -0.943. The van der Waals surface area contributed by atoms with E-state index in [1.165, 1.54) is 6.92 Å². The lowest BCUT2D eigenvalue weighted by molar-refractivity contribution is -0.145. The van der Waals surface area contributed by atoms with Gasteiger partial charge in [-0.15, -0.1) is 0 Å². The van der Waals surface area contributed by atoms with Crippen LogP contribution in [0.3, 0.4) is 0 Å². The van der Waals surface area contributed by atoms with Gasteiger partial charge in [-0.2, -0.15) is 0 Å². The minimum absolute atomic E-state index is 0.00565. The fraction of sp³-hybridized carbons (Fsp3) is 0.857. The number of rotatable bonds is 3. The van der Waals surface area contributed by atoms with E-state index < -0.39 is 18.0 Å². The molecule has 2 atom stereocenters. The highest BCUT2D eigenvalue weighted by Crippen LogP contribution is 2.11. The Balaban J connectivity index is 3.94. The van der Waals surface area contributed by atoms with E-state index in [1.807, 2.05) is 0 Å². The van der Waals surface area contributed by atoms with Gasteiger partial charge in [0.2, 0.25) is 0 Å². The van der Waals surface area contributed by atoms with Crippen LogP contribution in [0.1, 0.15) is 20.8 Å². The zero-order chi connectivity index (χ0) is 8.31. The summed E-state index contributed by atoms with van der Waals surface area (Å²) < 4.78 is 0. The van der Waals surface area contributed by atoms with Crippen LogP contribution in [0.25, 0.3) is 0 Å². The highest BCUT2D eigenvalue weighted by molar-refractivity contribution is 5.70. The second kappa shape index (κ2) is 3.56. The second-order valence-electron chi connectivity index (χ2n) is 2.86. The van der Waals surface area contributed by atoms with Gasteiger partial charge in [-0.3, -0.25) is 4.79 Å². The van der Waals surface area contributed by atoms with E-state index >= 15 is 0 Å². The summed E-state index contributed by atoms with van der Waals surface area (Å²) in [6.07, 6.45) is -0.738. The van der Waals surface area contributed by atoms with Gasteiger partial charge in [0.1, 0.15) is 0 Å². The largest absolute Gasteiger partial charge is 0.481 e. The number of hydrogen-bond acceptors (Lipinski definition) is 2. The Morgan fingerprint density at radius 3 is 1.80 bits per heavy atom. The van der Waals surface area contributed by atoms with Crippen molar-refractivity contribution in [1.82, 2.24) is 0 Å². The maximum Gasteiger partial charge on any atom is 0.308 e. The SMILES string of the molecule is CC(C)C(O)[C@@H](C)C(=O)O. The van der Waals surface area contributed by atoms with E-state index in [2.05, 4.69) is 0 Å². The number of carbonyl (C=O) groups is 1. The molecule has 0 radical (unpaired) electrons. The molecule has 1 unspecified atom stereocenters. The lowest BCUT2D eigenvalue weighted by Crippen LogP contribution is -2.29.